The van der Waals surface area contributed by atoms with Crippen molar-refractivity contribution in [3.63, 3.8) is 0 Å². The molecule has 0 aliphatic heterocycles. The van der Waals surface area contributed by atoms with E-state index in [-0.39, 0.29) is 48.5 Å². The van der Waals surface area contributed by atoms with Crippen molar-refractivity contribution in [3.05, 3.63) is 11.6 Å². The van der Waals surface area contributed by atoms with Gasteiger partial charge in [-0.3, -0.25) is 0 Å². The zero-order valence-corrected chi connectivity index (χ0v) is 14.1. The van der Waals surface area contributed by atoms with Crippen molar-refractivity contribution in [1.82, 2.24) is 0 Å². The summed E-state index contributed by atoms with van der Waals surface area (Å²) in [6, 6.07) is 0. The van der Waals surface area contributed by atoms with E-state index in [0.717, 1.165) is 12.8 Å². The second-order valence-corrected chi connectivity index (χ2v) is 8.85. The number of fused-ring (bicyclic) bond motifs is 5. The lowest BCUT2D eigenvalue weighted by molar-refractivity contribution is -0.257. The van der Waals surface area contributed by atoms with Gasteiger partial charge in [0.25, 0.3) is 0 Å². The van der Waals surface area contributed by atoms with Crippen LogP contribution in [-0.4, -0.2) is 28.6 Å². The van der Waals surface area contributed by atoms with Gasteiger partial charge in [-0.15, -0.1) is 0 Å². The summed E-state index contributed by atoms with van der Waals surface area (Å²) in [7, 11) is 0. The van der Waals surface area contributed by atoms with Crippen LogP contribution in [0.2, 0.25) is 0 Å². The topological polar surface area (TPSA) is 40.5 Å². The highest BCUT2D eigenvalue weighted by atomic mass is 19.4. The number of allylic oxidation sites excluding steroid dienone is 1. The first kappa shape index (κ1) is 16.9. The summed E-state index contributed by atoms with van der Waals surface area (Å²) < 4.78 is 42.9. The number of halogens is 3. The Morgan fingerprint density at radius 2 is 1.79 bits per heavy atom. The maximum absolute atomic E-state index is 14.3. The third-order valence-corrected chi connectivity index (χ3v) is 8.06. The van der Waals surface area contributed by atoms with E-state index < -0.39 is 17.7 Å². The molecule has 0 heterocycles. The highest BCUT2D eigenvalue weighted by Gasteiger charge is 2.68. The number of hydrogen-bond donors (Lipinski definition) is 2. The molecular formula is C19H27F3O2. The number of aliphatic hydroxyl groups is 2. The summed E-state index contributed by atoms with van der Waals surface area (Å²) in [6.45, 7) is 2.08. The summed E-state index contributed by atoms with van der Waals surface area (Å²) >= 11 is 0. The minimum absolute atomic E-state index is 0.0153. The fourth-order valence-corrected chi connectivity index (χ4v) is 6.79. The number of rotatable bonds is 0. The molecule has 2 N–H and O–H groups in total. The second kappa shape index (κ2) is 5.23. The molecule has 2 nitrogen and oxygen atoms in total. The van der Waals surface area contributed by atoms with Gasteiger partial charge in [-0.2, -0.15) is 13.2 Å². The number of hydrogen-bond acceptors (Lipinski definition) is 2. The lowest BCUT2D eigenvalue weighted by Gasteiger charge is -2.58. The summed E-state index contributed by atoms with van der Waals surface area (Å²) in [6.07, 6.45) is 0.452. The maximum Gasteiger partial charge on any atom is 0.398 e. The number of alkyl halides is 3. The summed E-state index contributed by atoms with van der Waals surface area (Å²) in [5, 5.41) is 20.3. The molecule has 3 unspecified atom stereocenters. The van der Waals surface area contributed by atoms with E-state index in [4.69, 9.17) is 0 Å². The minimum Gasteiger partial charge on any atom is -0.393 e. The molecule has 7 atom stereocenters. The van der Waals surface area contributed by atoms with E-state index in [1.807, 2.05) is 0 Å². The average Bonchev–Trinajstić information content (AvgIpc) is 2.81. The standard InChI is InChI=1S/C19H27F3O2/c1-17-8-7-15-13(14(17)4-5-16(17)24)3-2-11-10-12(23)6-9-18(11,15)19(20,21)22/h2,12-16,23-24H,3-10H2,1H3/t12-,13?,14?,15?,16-,17-,18+/m0/s1. The summed E-state index contributed by atoms with van der Waals surface area (Å²) in [4.78, 5) is 0. The molecular weight excluding hydrogens is 317 g/mol. The molecule has 0 spiro atoms. The molecule has 24 heavy (non-hydrogen) atoms. The van der Waals surface area contributed by atoms with Gasteiger partial charge in [0.1, 0.15) is 0 Å². The quantitative estimate of drug-likeness (QED) is 0.646. The van der Waals surface area contributed by atoms with Crippen molar-refractivity contribution < 1.29 is 23.4 Å². The van der Waals surface area contributed by atoms with Crippen molar-refractivity contribution >= 4 is 0 Å². The Balaban J connectivity index is 1.77. The summed E-state index contributed by atoms with van der Waals surface area (Å²) in [5.74, 6) is -0.176. The summed E-state index contributed by atoms with van der Waals surface area (Å²) in [5.41, 5.74) is -1.51. The average molecular weight is 344 g/mol. The zero-order chi connectivity index (χ0) is 17.3. The van der Waals surface area contributed by atoms with Crippen molar-refractivity contribution in [2.75, 3.05) is 0 Å². The van der Waals surface area contributed by atoms with Gasteiger partial charge in [0.2, 0.25) is 0 Å². The van der Waals surface area contributed by atoms with E-state index in [1.165, 1.54) is 0 Å². The monoisotopic (exact) mass is 344 g/mol. The molecule has 4 aliphatic carbocycles. The molecule has 0 bridgehead atoms. The van der Waals surface area contributed by atoms with Crippen molar-refractivity contribution in [2.24, 2.45) is 28.6 Å². The van der Waals surface area contributed by atoms with E-state index in [2.05, 4.69) is 6.92 Å². The molecule has 5 heteroatoms. The Kier molecular flexibility index (Phi) is 3.68. The molecule has 136 valence electrons. The highest BCUT2D eigenvalue weighted by Crippen LogP contribution is 2.68. The van der Waals surface area contributed by atoms with E-state index in [1.54, 1.807) is 6.08 Å². The molecule has 4 aliphatic rings. The third-order valence-electron chi connectivity index (χ3n) is 8.06. The van der Waals surface area contributed by atoms with Gasteiger partial charge in [0.15, 0.2) is 0 Å². The molecule has 4 rings (SSSR count). The Morgan fingerprint density at radius 3 is 2.50 bits per heavy atom. The number of aliphatic hydroxyl groups excluding tert-OH is 2. The van der Waals surface area contributed by atoms with Crippen molar-refractivity contribution in [3.8, 4) is 0 Å². The van der Waals surface area contributed by atoms with Gasteiger partial charge in [-0.05, 0) is 74.5 Å². The minimum atomic E-state index is -4.26. The first-order valence-corrected chi connectivity index (χ1v) is 9.32. The lowest BCUT2D eigenvalue weighted by Crippen LogP contribution is -2.57. The van der Waals surface area contributed by atoms with Crippen molar-refractivity contribution in [2.45, 2.75) is 76.7 Å². The third kappa shape index (κ3) is 2.03. The Hall–Kier alpha value is -0.550. The van der Waals surface area contributed by atoms with Crippen LogP contribution in [0.25, 0.3) is 0 Å². The van der Waals surface area contributed by atoms with Gasteiger partial charge in [-0.25, -0.2) is 0 Å². The first-order chi connectivity index (χ1) is 11.2. The molecule has 3 saturated carbocycles. The Labute approximate surface area is 141 Å². The Bertz CT molecular complexity index is 557. The second-order valence-electron chi connectivity index (χ2n) is 8.85. The fourth-order valence-electron chi connectivity index (χ4n) is 6.79. The van der Waals surface area contributed by atoms with Gasteiger partial charge in [0, 0.05) is 0 Å². The van der Waals surface area contributed by atoms with Crippen LogP contribution in [0.5, 0.6) is 0 Å². The lowest BCUT2D eigenvalue weighted by atomic mass is 9.47. The van der Waals surface area contributed by atoms with E-state index >= 15 is 0 Å². The molecule has 0 aromatic carbocycles. The highest BCUT2D eigenvalue weighted by molar-refractivity contribution is 5.28. The predicted molar refractivity (Wildman–Crippen MR) is 84.1 cm³/mol. The SMILES string of the molecule is C[C@]12CCC3C(CC=C4C[C@@H](O)CC[C@@]43C(F)(F)F)C1CC[C@@H]2O. The zero-order valence-electron chi connectivity index (χ0n) is 14.1. The normalized spacial score (nSPS) is 51.4. The van der Waals surface area contributed by atoms with Gasteiger partial charge in [0.05, 0.1) is 17.6 Å². The molecule has 0 aromatic heterocycles. The van der Waals surface area contributed by atoms with Gasteiger partial charge >= 0.3 is 6.18 Å². The van der Waals surface area contributed by atoms with Crippen LogP contribution in [-0.2, 0) is 0 Å². The molecule has 0 radical (unpaired) electrons. The van der Waals surface area contributed by atoms with Gasteiger partial charge < -0.3 is 10.2 Å². The first-order valence-electron chi connectivity index (χ1n) is 9.32. The predicted octanol–water partition coefficient (Wildman–Crippen LogP) is 4.21. The largest absolute Gasteiger partial charge is 0.398 e. The molecule has 0 amide bonds. The van der Waals surface area contributed by atoms with Crippen LogP contribution in [0.1, 0.15) is 58.3 Å². The Morgan fingerprint density at radius 1 is 1.04 bits per heavy atom. The van der Waals surface area contributed by atoms with Crippen LogP contribution in [0.4, 0.5) is 13.2 Å². The van der Waals surface area contributed by atoms with Gasteiger partial charge in [-0.1, -0.05) is 18.6 Å². The molecule has 3 fully saturated rings. The van der Waals surface area contributed by atoms with Crippen molar-refractivity contribution in [1.29, 1.82) is 0 Å². The maximum atomic E-state index is 14.3. The van der Waals surface area contributed by atoms with Crippen LogP contribution in [0, 0.1) is 28.6 Å². The smallest absolute Gasteiger partial charge is 0.393 e. The van der Waals surface area contributed by atoms with E-state index in [0.29, 0.717) is 24.8 Å². The molecule has 0 aromatic rings. The van der Waals surface area contributed by atoms with Crippen LogP contribution in [0.3, 0.4) is 0 Å². The van der Waals surface area contributed by atoms with Crippen LogP contribution < -0.4 is 0 Å². The molecule has 0 saturated heterocycles. The van der Waals surface area contributed by atoms with Crippen LogP contribution in [0.15, 0.2) is 11.6 Å². The fraction of sp³-hybridized carbons (Fsp3) is 0.895. The van der Waals surface area contributed by atoms with Crippen LogP contribution >= 0.6 is 0 Å². The van der Waals surface area contributed by atoms with E-state index in [9.17, 15) is 23.4 Å².